The van der Waals surface area contributed by atoms with Gasteiger partial charge in [-0.15, -0.1) is 6.42 Å². The maximum absolute atomic E-state index is 5.22. The molecular formula is C9H11N. The topological polar surface area (TPSA) is 12.0 Å². The number of hydrogen-bond acceptors (Lipinski definition) is 1. The summed E-state index contributed by atoms with van der Waals surface area (Å²) in [6, 6.07) is 0.427. The third-order valence-corrected chi connectivity index (χ3v) is 1.61. The van der Waals surface area contributed by atoms with Crippen LogP contribution in [0.25, 0.3) is 0 Å². The fourth-order valence-corrected chi connectivity index (χ4v) is 0.979. The van der Waals surface area contributed by atoms with Crippen LogP contribution in [-0.2, 0) is 0 Å². The first kappa shape index (κ1) is 7.11. The second kappa shape index (κ2) is 3.24. The molecule has 1 rings (SSSR count). The van der Waals surface area contributed by atoms with Gasteiger partial charge in [0.05, 0.1) is 0 Å². The smallest absolute Gasteiger partial charge is 0.0296 e. The Morgan fingerprint density at radius 3 is 3.20 bits per heavy atom. The SMILES string of the molecule is C#CC1=CC(NC)CC=C1. The summed E-state index contributed by atoms with van der Waals surface area (Å²) in [5, 5.41) is 3.14. The van der Waals surface area contributed by atoms with E-state index in [4.69, 9.17) is 6.42 Å². The third kappa shape index (κ3) is 1.49. The van der Waals surface area contributed by atoms with Crippen molar-refractivity contribution in [3.05, 3.63) is 23.8 Å². The fourth-order valence-electron chi connectivity index (χ4n) is 0.979. The normalized spacial score (nSPS) is 23.6. The molecule has 1 unspecified atom stereocenters. The third-order valence-electron chi connectivity index (χ3n) is 1.61. The molecule has 0 heterocycles. The Labute approximate surface area is 61.8 Å². The zero-order valence-corrected chi connectivity index (χ0v) is 6.09. The van der Waals surface area contributed by atoms with Crippen LogP contribution in [0.1, 0.15) is 6.42 Å². The quantitative estimate of drug-likeness (QED) is 0.528. The van der Waals surface area contributed by atoms with Crippen LogP contribution in [0.2, 0.25) is 0 Å². The van der Waals surface area contributed by atoms with Gasteiger partial charge >= 0.3 is 0 Å². The second-order valence-corrected chi connectivity index (χ2v) is 2.30. The summed E-state index contributed by atoms with van der Waals surface area (Å²) < 4.78 is 0. The van der Waals surface area contributed by atoms with Gasteiger partial charge in [-0.2, -0.15) is 0 Å². The Morgan fingerprint density at radius 2 is 2.60 bits per heavy atom. The van der Waals surface area contributed by atoms with E-state index in [1.165, 1.54) is 0 Å². The number of hydrogen-bond donors (Lipinski definition) is 1. The summed E-state index contributed by atoms with van der Waals surface area (Å²) in [6.07, 6.45) is 12.4. The van der Waals surface area contributed by atoms with E-state index >= 15 is 0 Å². The molecule has 0 aromatic rings. The summed E-state index contributed by atoms with van der Waals surface area (Å²) >= 11 is 0. The number of rotatable bonds is 1. The molecule has 1 atom stereocenters. The predicted octanol–water partition coefficient (Wildman–Crippen LogP) is 1.09. The second-order valence-electron chi connectivity index (χ2n) is 2.30. The number of allylic oxidation sites excluding steroid dienone is 2. The molecule has 0 saturated carbocycles. The molecule has 0 bridgehead atoms. The highest BCUT2D eigenvalue weighted by atomic mass is 14.9. The van der Waals surface area contributed by atoms with Crippen LogP contribution in [0.5, 0.6) is 0 Å². The first-order valence-corrected chi connectivity index (χ1v) is 3.39. The lowest BCUT2D eigenvalue weighted by Crippen LogP contribution is -2.23. The van der Waals surface area contributed by atoms with Gasteiger partial charge in [0.15, 0.2) is 0 Å². The van der Waals surface area contributed by atoms with Crippen LogP contribution in [0, 0.1) is 12.3 Å². The minimum Gasteiger partial charge on any atom is -0.313 e. The van der Waals surface area contributed by atoms with E-state index in [9.17, 15) is 0 Å². The van der Waals surface area contributed by atoms with E-state index in [0.29, 0.717) is 6.04 Å². The molecule has 52 valence electrons. The number of terminal acetylenes is 1. The fraction of sp³-hybridized carbons (Fsp3) is 0.333. The Kier molecular flexibility index (Phi) is 2.30. The molecule has 1 aliphatic rings. The van der Waals surface area contributed by atoms with Crippen molar-refractivity contribution < 1.29 is 0 Å². The van der Waals surface area contributed by atoms with Gasteiger partial charge in [0.25, 0.3) is 0 Å². The molecule has 0 aromatic carbocycles. The van der Waals surface area contributed by atoms with Crippen molar-refractivity contribution in [1.29, 1.82) is 0 Å². The molecule has 10 heavy (non-hydrogen) atoms. The Hall–Kier alpha value is -1.00. The molecule has 0 aliphatic heterocycles. The van der Waals surface area contributed by atoms with Crippen molar-refractivity contribution in [3.8, 4) is 12.3 Å². The van der Waals surface area contributed by atoms with E-state index in [2.05, 4.69) is 23.4 Å². The summed E-state index contributed by atoms with van der Waals surface area (Å²) in [4.78, 5) is 0. The van der Waals surface area contributed by atoms with Gasteiger partial charge < -0.3 is 5.32 Å². The summed E-state index contributed by atoms with van der Waals surface area (Å²) in [6.45, 7) is 0. The maximum Gasteiger partial charge on any atom is 0.0296 e. The average Bonchev–Trinajstić information content (AvgIpc) is 2.05. The molecule has 1 aliphatic carbocycles. The molecule has 1 N–H and O–H groups in total. The lowest BCUT2D eigenvalue weighted by molar-refractivity contribution is 0.670. The lowest BCUT2D eigenvalue weighted by Gasteiger charge is -2.12. The van der Waals surface area contributed by atoms with Crippen LogP contribution in [0.15, 0.2) is 23.8 Å². The van der Waals surface area contributed by atoms with Crippen LogP contribution in [0.3, 0.4) is 0 Å². The monoisotopic (exact) mass is 133 g/mol. The van der Waals surface area contributed by atoms with E-state index in [-0.39, 0.29) is 0 Å². The Bertz CT molecular complexity index is 205. The van der Waals surface area contributed by atoms with E-state index in [0.717, 1.165) is 12.0 Å². The van der Waals surface area contributed by atoms with Crippen molar-refractivity contribution in [3.63, 3.8) is 0 Å². The van der Waals surface area contributed by atoms with Gasteiger partial charge in [-0.1, -0.05) is 24.1 Å². The van der Waals surface area contributed by atoms with Crippen LogP contribution < -0.4 is 5.32 Å². The predicted molar refractivity (Wildman–Crippen MR) is 43.5 cm³/mol. The largest absolute Gasteiger partial charge is 0.313 e. The van der Waals surface area contributed by atoms with E-state index in [1.54, 1.807) is 0 Å². The van der Waals surface area contributed by atoms with Gasteiger partial charge in [-0.05, 0) is 13.5 Å². The molecule has 1 nitrogen and oxygen atoms in total. The van der Waals surface area contributed by atoms with E-state index in [1.807, 2.05) is 13.1 Å². The summed E-state index contributed by atoms with van der Waals surface area (Å²) in [7, 11) is 1.94. The van der Waals surface area contributed by atoms with Crippen LogP contribution >= 0.6 is 0 Å². The van der Waals surface area contributed by atoms with Crippen molar-refractivity contribution in [2.45, 2.75) is 12.5 Å². The van der Waals surface area contributed by atoms with Crippen molar-refractivity contribution in [2.75, 3.05) is 7.05 Å². The van der Waals surface area contributed by atoms with Crippen LogP contribution in [0.4, 0.5) is 0 Å². The standard InChI is InChI=1S/C9H11N/c1-3-8-5-4-6-9(7-8)10-2/h1,4-5,7,9-10H,6H2,2H3. The lowest BCUT2D eigenvalue weighted by atomic mass is 10.0. The van der Waals surface area contributed by atoms with Gasteiger partial charge in [0.2, 0.25) is 0 Å². The highest BCUT2D eigenvalue weighted by Crippen LogP contribution is 2.08. The molecule has 0 saturated heterocycles. The number of nitrogens with one attached hydrogen (secondary N) is 1. The highest BCUT2D eigenvalue weighted by Gasteiger charge is 2.03. The zero-order valence-electron chi connectivity index (χ0n) is 6.09. The summed E-state index contributed by atoms with van der Waals surface area (Å²) in [5.74, 6) is 2.60. The maximum atomic E-state index is 5.22. The first-order valence-electron chi connectivity index (χ1n) is 3.39. The Balaban J connectivity index is 2.67. The average molecular weight is 133 g/mol. The molecule has 0 radical (unpaired) electrons. The van der Waals surface area contributed by atoms with Gasteiger partial charge in [-0.25, -0.2) is 0 Å². The molecule has 0 spiro atoms. The molecule has 0 fully saturated rings. The van der Waals surface area contributed by atoms with Gasteiger partial charge in [0.1, 0.15) is 0 Å². The molecule has 1 heteroatoms. The van der Waals surface area contributed by atoms with Gasteiger partial charge in [0, 0.05) is 11.6 Å². The van der Waals surface area contributed by atoms with Crippen molar-refractivity contribution in [2.24, 2.45) is 0 Å². The van der Waals surface area contributed by atoms with Gasteiger partial charge in [-0.3, -0.25) is 0 Å². The molecule has 0 aromatic heterocycles. The highest BCUT2D eigenvalue weighted by molar-refractivity contribution is 5.39. The zero-order chi connectivity index (χ0) is 7.40. The van der Waals surface area contributed by atoms with Crippen molar-refractivity contribution in [1.82, 2.24) is 5.32 Å². The van der Waals surface area contributed by atoms with Crippen LogP contribution in [-0.4, -0.2) is 13.1 Å². The number of likely N-dealkylation sites (N-methyl/N-ethyl adjacent to an activating group) is 1. The minimum absolute atomic E-state index is 0.427. The molecular weight excluding hydrogens is 122 g/mol. The first-order chi connectivity index (χ1) is 4.86. The van der Waals surface area contributed by atoms with E-state index < -0.39 is 0 Å². The Morgan fingerprint density at radius 1 is 1.80 bits per heavy atom. The molecule has 0 amide bonds. The minimum atomic E-state index is 0.427. The summed E-state index contributed by atoms with van der Waals surface area (Å²) in [5.41, 5.74) is 0.977. The van der Waals surface area contributed by atoms with Crippen molar-refractivity contribution >= 4 is 0 Å².